The van der Waals surface area contributed by atoms with Gasteiger partial charge >= 0.3 is 0 Å². The summed E-state index contributed by atoms with van der Waals surface area (Å²) in [7, 11) is 0. The number of halogens is 3. The van der Waals surface area contributed by atoms with Crippen LogP contribution in [0, 0.1) is 24.4 Å². The fourth-order valence-corrected chi connectivity index (χ4v) is 2.04. The smallest absolute Gasteiger partial charge is 0.194 e. The molecule has 0 aliphatic rings. The molecule has 0 amide bonds. The normalized spacial score (nSPS) is 10.4. The standard InChI is InChI=1S/C14H11F3N2S/c1-7-4-8(2-3-10(7)14(18)20)19-9-5-11(15)13(17)12(16)6-9/h2-6,19H,1H3,(H2,18,20). The average Bonchev–Trinajstić information content (AvgIpc) is 2.35. The minimum atomic E-state index is -1.49. The Bertz CT molecular complexity index is 663. The average molecular weight is 296 g/mol. The van der Waals surface area contributed by atoms with E-state index < -0.39 is 17.5 Å². The quantitative estimate of drug-likeness (QED) is 0.668. The van der Waals surface area contributed by atoms with Gasteiger partial charge in [-0.3, -0.25) is 0 Å². The lowest BCUT2D eigenvalue weighted by Crippen LogP contribution is -2.11. The number of rotatable bonds is 3. The van der Waals surface area contributed by atoms with Crippen LogP contribution in [0.3, 0.4) is 0 Å². The summed E-state index contributed by atoms with van der Waals surface area (Å²) in [6.45, 7) is 1.81. The molecule has 0 bridgehead atoms. The van der Waals surface area contributed by atoms with Crippen molar-refractivity contribution in [3.05, 3.63) is 58.9 Å². The topological polar surface area (TPSA) is 38.0 Å². The van der Waals surface area contributed by atoms with Crippen molar-refractivity contribution in [2.75, 3.05) is 5.32 Å². The molecule has 2 rings (SSSR count). The third-order valence-electron chi connectivity index (χ3n) is 2.76. The number of hydrogen-bond acceptors (Lipinski definition) is 2. The molecule has 0 spiro atoms. The lowest BCUT2D eigenvalue weighted by Gasteiger charge is -2.10. The minimum absolute atomic E-state index is 0.115. The molecule has 3 N–H and O–H groups in total. The highest BCUT2D eigenvalue weighted by atomic mass is 32.1. The molecule has 0 aliphatic carbocycles. The molecule has 0 saturated heterocycles. The van der Waals surface area contributed by atoms with Crippen LogP contribution in [0.4, 0.5) is 24.5 Å². The molecule has 104 valence electrons. The van der Waals surface area contributed by atoms with Crippen LogP contribution < -0.4 is 11.1 Å². The highest BCUT2D eigenvalue weighted by Gasteiger charge is 2.11. The Morgan fingerprint density at radius 1 is 1.05 bits per heavy atom. The van der Waals surface area contributed by atoms with E-state index in [1.165, 1.54) is 0 Å². The summed E-state index contributed by atoms with van der Waals surface area (Å²) in [5, 5.41) is 2.79. The first-order valence-corrected chi connectivity index (χ1v) is 6.11. The fraction of sp³-hybridized carbons (Fsp3) is 0.0714. The third-order valence-corrected chi connectivity index (χ3v) is 2.98. The van der Waals surface area contributed by atoms with Crippen molar-refractivity contribution in [3.8, 4) is 0 Å². The summed E-state index contributed by atoms with van der Waals surface area (Å²) < 4.78 is 39.1. The number of anilines is 2. The van der Waals surface area contributed by atoms with Gasteiger partial charge < -0.3 is 11.1 Å². The molecule has 0 unspecified atom stereocenters. The lowest BCUT2D eigenvalue weighted by molar-refractivity contribution is 0.448. The Morgan fingerprint density at radius 3 is 2.15 bits per heavy atom. The van der Waals surface area contributed by atoms with Crippen molar-refractivity contribution < 1.29 is 13.2 Å². The summed E-state index contributed by atoms with van der Waals surface area (Å²) in [5.41, 5.74) is 7.80. The molecule has 0 fully saturated rings. The van der Waals surface area contributed by atoms with Gasteiger partial charge in [0.2, 0.25) is 0 Å². The summed E-state index contributed by atoms with van der Waals surface area (Å²) in [4.78, 5) is 0.271. The van der Waals surface area contributed by atoms with Gasteiger partial charge in [0, 0.05) is 29.1 Å². The van der Waals surface area contributed by atoms with E-state index in [4.69, 9.17) is 18.0 Å². The predicted octanol–water partition coefficient (Wildman–Crippen LogP) is 3.79. The van der Waals surface area contributed by atoms with E-state index in [2.05, 4.69) is 5.32 Å². The third kappa shape index (κ3) is 2.91. The van der Waals surface area contributed by atoms with Gasteiger partial charge in [-0.05, 0) is 30.7 Å². The predicted molar refractivity (Wildman–Crippen MR) is 76.7 cm³/mol. The van der Waals surface area contributed by atoms with E-state index in [9.17, 15) is 13.2 Å². The number of nitrogens with two attached hydrogens (primary N) is 1. The van der Waals surface area contributed by atoms with Gasteiger partial charge in [-0.1, -0.05) is 12.2 Å². The first-order chi connectivity index (χ1) is 9.38. The maximum absolute atomic E-state index is 13.1. The molecule has 0 radical (unpaired) electrons. The number of hydrogen-bond donors (Lipinski definition) is 2. The van der Waals surface area contributed by atoms with Gasteiger partial charge in [0.25, 0.3) is 0 Å². The summed E-state index contributed by atoms with van der Waals surface area (Å²) >= 11 is 4.89. The Labute approximate surface area is 119 Å². The van der Waals surface area contributed by atoms with E-state index in [0.29, 0.717) is 5.69 Å². The zero-order chi connectivity index (χ0) is 14.9. The van der Waals surface area contributed by atoms with Gasteiger partial charge in [-0.25, -0.2) is 13.2 Å². The van der Waals surface area contributed by atoms with Crippen LogP contribution in [-0.2, 0) is 0 Å². The maximum atomic E-state index is 13.1. The van der Waals surface area contributed by atoms with Crippen LogP contribution in [0.2, 0.25) is 0 Å². The molecule has 6 heteroatoms. The highest BCUT2D eigenvalue weighted by Crippen LogP contribution is 2.23. The maximum Gasteiger partial charge on any atom is 0.194 e. The minimum Gasteiger partial charge on any atom is -0.389 e. The van der Waals surface area contributed by atoms with Crippen molar-refractivity contribution in [3.63, 3.8) is 0 Å². The van der Waals surface area contributed by atoms with Gasteiger partial charge in [0.15, 0.2) is 17.5 Å². The van der Waals surface area contributed by atoms with Crippen molar-refractivity contribution in [1.82, 2.24) is 0 Å². The van der Waals surface area contributed by atoms with Gasteiger partial charge in [-0.15, -0.1) is 0 Å². The van der Waals surface area contributed by atoms with Crippen LogP contribution in [0.15, 0.2) is 30.3 Å². The van der Waals surface area contributed by atoms with Crippen LogP contribution in [-0.4, -0.2) is 4.99 Å². The number of aryl methyl sites for hydroxylation is 1. The van der Waals surface area contributed by atoms with E-state index in [1.807, 2.05) is 6.92 Å². The van der Waals surface area contributed by atoms with Crippen molar-refractivity contribution in [2.45, 2.75) is 6.92 Å². The first kappa shape index (κ1) is 14.3. The summed E-state index contributed by atoms with van der Waals surface area (Å²) in [5.74, 6) is -3.98. The molecular weight excluding hydrogens is 285 g/mol. The van der Waals surface area contributed by atoms with Gasteiger partial charge in [0.05, 0.1) is 0 Å². The lowest BCUT2D eigenvalue weighted by atomic mass is 10.1. The molecule has 2 aromatic carbocycles. The zero-order valence-corrected chi connectivity index (χ0v) is 11.3. The van der Waals surface area contributed by atoms with E-state index >= 15 is 0 Å². The Balaban J connectivity index is 2.31. The van der Waals surface area contributed by atoms with Crippen LogP contribution in [0.5, 0.6) is 0 Å². The molecule has 20 heavy (non-hydrogen) atoms. The van der Waals surface area contributed by atoms with Crippen molar-refractivity contribution in [2.24, 2.45) is 5.73 Å². The van der Waals surface area contributed by atoms with Gasteiger partial charge in [0.1, 0.15) is 4.99 Å². The molecule has 0 aliphatic heterocycles. The van der Waals surface area contributed by atoms with E-state index in [0.717, 1.165) is 23.3 Å². The summed E-state index contributed by atoms with van der Waals surface area (Å²) in [6.07, 6.45) is 0. The van der Waals surface area contributed by atoms with E-state index in [1.54, 1.807) is 18.2 Å². The molecular formula is C14H11F3N2S. The molecule has 0 atom stereocenters. The monoisotopic (exact) mass is 296 g/mol. The number of thiocarbonyl (C=S) groups is 1. The van der Waals surface area contributed by atoms with Crippen molar-refractivity contribution in [1.29, 1.82) is 0 Å². The number of nitrogens with one attached hydrogen (secondary N) is 1. The Hall–Kier alpha value is -2.08. The number of benzene rings is 2. The second-order valence-corrected chi connectivity index (χ2v) is 4.71. The van der Waals surface area contributed by atoms with Crippen LogP contribution in [0.25, 0.3) is 0 Å². The summed E-state index contributed by atoms with van der Waals surface area (Å²) in [6, 6.07) is 6.87. The molecule has 0 heterocycles. The Kier molecular flexibility index (Phi) is 3.94. The highest BCUT2D eigenvalue weighted by molar-refractivity contribution is 7.80. The fourth-order valence-electron chi connectivity index (χ4n) is 1.81. The molecule has 0 aromatic heterocycles. The molecule has 0 saturated carbocycles. The second kappa shape index (κ2) is 5.50. The van der Waals surface area contributed by atoms with Gasteiger partial charge in [-0.2, -0.15) is 0 Å². The first-order valence-electron chi connectivity index (χ1n) is 5.70. The van der Waals surface area contributed by atoms with E-state index in [-0.39, 0.29) is 10.7 Å². The van der Waals surface area contributed by atoms with Crippen molar-refractivity contribution >= 4 is 28.6 Å². The second-order valence-electron chi connectivity index (χ2n) is 4.27. The van der Waals surface area contributed by atoms with Crippen LogP contribution >= 0.6 is 12.2 Å². The SMILES string of the molecule is Cc1cc(Nc2cc(F)c(F)c(F)c2)ccc1C(N)=S. The largest absolute Gasteiger partial charge is 0.389 e. The van der Waals surface area contributed by atoms with Crippen LogP contribution in [0.1, 0.15) is 11.1 Å². The Morgan fingerprint density at radius 2 is 1.65 bits per heavy atom. The zero-order valence-electron chi connectivity index (χ0n) is 10.5. The molecule has 2 nitrogen and oxygen atoms in total. The molecule has 2 aromatic rings.